The summed E-state index contributed by atoms with van der Waals surface area (Å²) in [6.45, 7) is 0.424. The molecule has 2 aromatic rings. The van der Waals surface area contributed by atoms with Crippen molar-refractivity contribution >= 4 is 40.5 Å². The van der Waals surface area contributed by atoms with Gasteiger partial charge in [0.2, 0.25) is 5.91 Å². The molecule has 0 saturated carbocycles. The highest BCUT2D eigenvalue weighted by atomic mass is 35.5. The number of methoxy groups -OCH3 is 2. The Bertz CT molecular complexity index is 723. The molecule has 0 spiro atoms. The summed E-state index contributed by atoms with van der Waals surface area (Å²) in [5.74, 6) is 1.20. The van der Waals surface area contributed by atoms with E-state index in [4.69, 9.17) is 32.7 Å². The molecule has 0 aliphatic rings. The van der Waals surface area contributed by atoms with Gasteiger partial charge in [-0.15, -0.1) is 0 Å². The molecule has 0 unspecified atom stereocenters. The Balaban J connectivity index is 1.92. The molecule has 0 radical (unpaired) electrons. The number of halogens is 2. The number of hydrogen-bond acceptors (Lipinski definition) is 4. The van der Waals surface area contributed by atoms with Gasteiger partial charge in [-0.05, 0) is 30.3 Å². The molecule has 7 heteroatoms. The van der Waals surface area contributed by atoms with Crippen LogP contribution in [-0.2, 0) is 4.79 Å². The first-order valence-corrected chi connectivity index (χ1v) is 8.00. The van der Waals surface area contributed by atoms with Crippen molar-refractivity contribution in [3.63, 3.8) is 0 Å². The van der Waals surface area contributed by atoms with E-state index in [0.29, 0.717) is 33.8 Å². The number of benzene rings is 2. The maximum absolute atomic E-state index is 12.0. The maximum Gasteiger partial charge on any atom is 0.226 e. The third-order valence-electron chi connectivity index (χ3n) is 3.28. The lowest BCUT2D eigenvalue weighted by atomic mass is 10.2. The molecule has 2 N–H and O–H groups in total. The van der Waals surface area contributed by atoms with Gasteiger partial charge in [0.25, 0.3) is 0 Å². The van der Waals surface area contributed by atoms with Crippen LogP contribution in [0.15, 0.2) is 36.4 Å². The van der Waals surface area contributed by atoms with E-state index in [1.165, 1.54) is 0 Å². The van der Waals surface area contributed by atoms with Gasteiger partial charge in [0.05, 0.1) is 30.6 Å². The summed E-state index contributed by atoms with van der Waals surface area (Å²) < 4.78 is 10.5. The van der Waals surface area contributed by atoms with Crippen molar-refractivity contribution in [3.05, 3.63) is 46.4 Å². The Hall–Kier alpha value is -2.11. The van der Waals surface area contributed by atoms with Crippen LogP contribution >= 0.6 is 23.2 Å². The van der Waals surface area contributed by atoms with Gasteiger partial charge in [-0.2, -0.15) is 0 Å². The van der Waals surface area contributed by atoms with Gasteiger partial charge in [-0.25, -0.2) is 0 Å². The molecule has 5 nitrogen and oxygen atoms in total. The van der Waals surface area contributed by atoms with Crippen molar-refractivity contribution in [2.24, 2.45) is 0 Å². The minimum absolute atomic E-state index is 0.173. The molecule has 2 rings (SSSR count). The predicted octanol–water partition coefficient (Wildman–Crippen LogP) is 4.45. The molecule has 0 aromatic heterocycles. The smallest absolute Gasteiger partial charge is 0.226 e. The Morgan fingerprint density at radius 3 is 2.54 bits per heavy atom. The SMILES string of the molecule is COc1ccc(OC)c(NCCC(=O)Nc2cc(Cl)ccc2Cl)c1. The van der Waals surface area contributed by atoms with Crippen LogP contribution in [0.25, 0.3) is 0 Å². The molecular formula is C17H18Cl2N2O3. The molecule has 0 atom stereocenters. The second-order valence-electron chi connectivity index (χ2n) is 4.92. The van der Waals surface area contributed by atoms with E-state index < -0.39 is 0 Å². The summed E-state index contributed by atoms with van der Waals surface area (Å²) >= 11 is 11.9. The number of ether oxygens (including phenoxy) is 2. The first-order valence-electron chi connectivity index (χ1n) is 7.24. The van der Waals surface area contributed by atoms with E-state index >= 15 is 0 Å². The zero-order valence-electron chi connectivity index (χ0n) is 13.4. The fraction of sp³-hybridized carbons (Fsp3) is 0.235. The van der Waals surface area contributed by atoms with E-state index in [0.717, 1.165) is 5.69 Å². The van der Waals surface area contributed by atoms with Crippen molar-refractivity contribution in [1.82, 2.24) is 0 Å². The average molecular weight is 369 g/mol. The van der Waals surface area contributed by atoms with Gasteiger partial charge in [0, 0.05) is 24.1 Å². The average Bonchev–Trinajstić information content (AvgIpc) is 2.58. The highest BCUT2D eigenvalue weighted by Crippen LogP contribution is 2.29. The standard InChI is InChI=1S/C17H18Cl2N2O3/c1-23-12-4-6-16(24-2)15(10-12)20-8-7-17(22)21-14-9-11(18)3-5-13(14)19/h3-6,9-10,20H,7-8H2,1-2H3,(H,21,22). The lowest BCUT2D eigenvalue weighted by Gasteiger charge is -2.13. The largest absolute Gasteiger partial charge is 0.497 e. The van der Waals surface area contributed by atoms with Gasteiger partial charge in [-0.3, -0.25) is 4.79 Å². The van der Waals surface area contributed by atoms with Crippen molar-refractivity contribution in [1.29, 1.82) is 0 Å². The van der Waals surface area contributed by atoms with E-state index in [1.807, 2.05) is 6.07 Å². The topological polar surface area (TPSA) is 59.6 Å². The molecule has 0 aliphatic carbocycles. The Kier molecular flexibility index (Phi) is 6.58. The lowest BCUT2D eigenvalue weighted by Crippen LogP contribution is -2.16. The highest BCUT2D eigenvalue weighted by molar-refractivity contribution is 6.35. The van der Waals surface area contributed by atoms with Crippen LogP contribution < -0.4 is 20.1 Å². The lowest BCUT2D eigenvalue weighted by molar-refractivity contribution is -0.115. The molecule has 0 aliphatic heterocycles. The van der Waals surface area contributed by atoms with Gasteiger partial charge >= 0.3 is 0 Å². The van der Waals surface area contributed by atoms with Crippen molar-refractivity contribution in [2.75, 3.05) is 31.4 Å². The third kappa shape index (κ3) is 4.94. The van der Waals surface area contributed by atoms with E-state index in [2.05, 4.69) is 10.6 Å². The summed E-state index contributed by atoms with van der Waals surface area (Å²) in [7, 11) is 3.18. The zero-order chi connectivity index (χ0) is 17.5. The minimum Gasteiger partial charge on any atom is -0.497 e. The summed E-state index contributed by atoms with van der Waals surface area (Å²) in [6, 6.07) is 10.3. The minimum atomic E-state index is -0.173. The summed E-state index contributed by atoms with van der Waals surface area (Å²) in [5, 5.41) is 6.84. The second kappa shape index (κ2) is 8.66. The summed E-state index contributed by atoms with van der Waals surface area (Å²) in [4.78, 5) is 12.0. The first-order chi connectivity index (χ1) is 11.5. The van der Waals surface area contributed by atoms with E-state index in [-0.39, 0.29) is 12.3 Å². The molecule has 128 valence electrons. The molecule has 0 bridgehead atoms. The molecule has 0 fully saturated rings. The number of carbonyl (C=O) groups excluding carboxylic acids is 1. The Morgan fingerprint density at radius 1 is 1.04 bits per heavy atom. The molecule has 1 amide bonds. The van der Waals surface area contributed by atoms with Crippen LogP contribution in [0.4, 0.5) is 11.4 Å². The molecule has 0 heterocycles. The van der Waals surface area contributed by atoms with Crippen LogP contribution in [0.5, 0.6) is 11.5 Å². The quantitative estimate of drug-likeness (QED) is 0.757. The Morgan fingerprint density at radius 2 is 1.83 bits per heavy atom. The number of nitrogens with one attached hydrogen (secondary N) is 2. The number of hydrogen-bond donors (Lipinski definition) is 2. The first kappa shape index (κ1) is 18.2. The van der Waals surface area contributed by atoms with Crippen molar-refractivity contribution in [3.8, 4) is 11.5 Å². The monoisotopic (exact) mass is 368 g/mol. The van der Waals surface area contributed by atoms with Gasteiger partial charge in [-0.1, -0.05) is 23.2 Å². The zero-order valence-corrected chi connectivity index (χ0v) is 14.9. The fourth-order valence-electron chi connectivity index (χ4n) is 2.07. The van der Waals surface area contributed by atoms with Gasteiger partial charge in [0.15, 0.2) is 0 Å². The highest BCUT2D eigenvalue weighted by Gasteiger charge is 2.08. The van der Waals surface area contributed by atoms with Crippen molar-refractivity contribution in [2.45, 2.75) is 6.42 Å². The molecule has 24 heavy (non-hydrogen) atoms. The number of amides is 1. The maximum atomic E-state index is 12.0. The van der Waals surface area contributed by atoms with Crippen molar-refractivity contribution < 1.29 is 14.3 Å². The number of rotatable bonds is 7. The second-order valence-corrected chi connectivity index (χ2v) is 5.76. The molecular weight excluding hydrogens is 351 g/mol. The number of carbonyl (C=O) groups is 1. The van der Waals surface area contributed by atoms with E-state index in [9.17, 15) is 4.79 Å². The predicted molar refractivity (Wildman–Crippen MR) is 97.7 cm³/mol. The molecule has 0 saturated heterocycles. The third-order valence-corrected chi connectivity index (χ3v) is 3.84. The summed E-state index contributed by atoms with van der Waals surface area (Å²) in [5.41, 5.74) is 1.25. The van der Waals surface area contributed by atoms with Gasteiger partial charge < -0.3 is 20.1 Å². The van der Waals surface area contributed by atoms with Crippen LogP contribution in [0.2, 0.25) is 10.0 Å². The normalized spacial score (nSPS) is 10.2. The van der Waals surface area contributed by atoms with Gasteiger partial charge in [0.1, 0.15) is 11.5 Å². The van der Waals surface area contributed by atoms with Crippen LogP contribution in [0.1, 0.15) is 6.42 Å². The number of anilines is 2. The van der Waals surface area contributed by atoms with Crippen LogP contribution in [0, 0.1) is 0 Å². The summed E-state index contributed by atoms with van der Waals surface area (Å²) in [6.07, 6.45) is 0.253. The fourth-order valence-corrected chi connectivity index (χ4v) is 2.41. The molecule has 2 aromatic carbocycles. The Labute approximate surface area is 150 Å². The van der Waals surface area contributed by atoms with Crippen LogP contribution in [0.3, 0.4) is 0 Å². The van der Waals surface area contributed by atoms with Crippen LogP contribution in [-0.4, -0.2) is 26.7 Å². The van der Waals surface area contributed by atoms with E-state index in [1.54, 1.807) is 44.6 Å².